The van der Waals surface area contributed by atoms with E-state index >= 15 is 0 Å². The lowest BCUT2D eigenvalue weighted by atomic mass is 9.98. The zero-order chi connectivity index (χ0) is 15.2. The molecule has 110 valence electrons. The average Bonchev–Trinajstić information content (AvgIpc) is 2.46. The molecule has 0 fully saturated rings. The van der Waals surface area contributed by atoms with Crippen molar-refractivity contribution in [3.63, 3.8) is 0 Å². The van der Waals surface area contributed by atoms with Crippen molar-refractivity contribution in [1.82, 2.24) is 10.2 Å². The first-order valence-electron chi connectivity index (χ1n) is 7.12. The van der Waals surface area contributed by atoms with Gasteiger partial charge in [-0.1, -0.05) is 48.5 Å². The van der Waals surface area contributed by atoms with Crippen LogP contribution < -0.4 is 5.32 Å². The summed E-state index contributed by atoms with van der Waals surface area (Å²) in [6.07, 6.45) is 0. The lowest BCUT2D eigenvalue weighted by molar-refractivity contribution is -0.119. The molecule has 2 aromatic carbocycles. The van der Waals surface area contributed by atoms with Gasteiger partial charge in [-0.25, -0.2) is 0 Å². The van der Waals surface area contributed by atoms with Gasteiger partial charge in [0.25, 0.3) is 0 Å². The van der Waals surface area contributed by atoms with Crippen molar-refractivity contribution in [1.29, 1.82) is 0 Å². The first-order valence-corrected chi connectivity index (χ1v) is 7.12. The number of amides is 1. The van der Waals surface area contributed by atoms with Crippen LogP contribution in [-0.2, 0) is 17.9 Å². The molecule has 21 heavy (non-hydrogen) atoms. The largest absolute Gasteiger partial charge is 0.352 e. The van der Waals surface area contributed by atoms with Gasteiger partial charge in [0.15, 0.2) is 0 Å². The summed E-state index contributed by atoms with van der Waals surface area (Å²) in [4.78, 5) is 13.2. The van der Waals surface area contributed by atoms with Crippen LogP contribution in [0.15, 0.2) is 48.5 Å². The maximum absolute atomic E-state index is 11.1. The van der Waals surface area contributed by atoms with E-state index in [2.05, 4.69) is 60.7 Å². The molecule has 0 unspecified atom stereocenters. The van der Waals surface area contributed by atoms with Gasteiger partial charge in [-0.15, -0.1) is 0 Å². The van der Waals surface area contributed by atoms with Crippen LogP contribution in [0.3, 0.4) is 0 Å². The Hall–Kier alpha value is -2.13. The second-order valence-corrected chi connectivity index (χ2v) is 5.50. The van der Waals surface area contributed by atoms with Crippen molar-refractivity contribution in [2.24, 2.45) is 0 Å². The van der Waals surface area contributed by atoms with Crippen LogP contribution in [0.2, 0.25) is 0 Å². The molecule has 0 spiro atoms. The number of carbonyl (C=O) groups is 1. The monoisotopic (exact) mass is 282 g/mol. The molecule has 0 saturated carbocycles. The molecule has 1 amide bonds. The molecular weight excluding hydrogens is 260 g/mol. The predicted molar refractivity (Wildman–Crippen MR) is 86.8 cm³/mol. The highest BCUT2D eigenvalue weighted by atomic mass is 16.1. The maximum Gasteiger partial charge on any atom is 0.217 e. The minimum absolute atomic E-state index is 0.00821. The second kappa shape index (κ2) is 7.04. The lowest BCUT2D eigenvalue weighted by Crippen LogP contribution is -2.19. The third-order valence-corrected chi connectivity index (χ3v) is 3.31. The summed E-state index contributed by atoms with van der Waals surface area (Å²) in [5, 5.41) is 2.86. The zero-order valence-corrected chi connectivity index (χ0v) is 12.9. The fraction of sp³-hybridized carbons (Fsp3) is 0.278. The molecule has 0 radical (unpaired) electrons. The van der Waals surface area contributed by atoms with Crippen LogP contribution in [-0.4, -0.2) is 24.9 Å². The number of carbonyl (C=O) groups excluding carboxylic acids is 1. The Balaban J connectivity index is 2.23. The molecule has 3 nitrogen and oxygen atoms in total. The molecule has 1 N–H and O–H groups in total. The van der Waals surface area contributed by atoms with Crippen LogP contribution in [0.1, 0.15) is 18.1 Å². The van der Waals surface area contributed by atoms with E-state index in [1.54, 1.807) is 6.92 Å². The van der Waals surface area contributed by atoms with Crippen molar-refractivity contribution < 1.29 is 4.79 Å². The summed E-state index contributed by atoms with van der Waals surface area (Å²) in [7, 11) is 4.13. The summed E-state index contributed by atoms with van der Waals surface area (Å²) in [6, 6.07) is 16.8. The molecule has 0 heterocycles. The van der Waals surface area contributed by atoms with Gasteiger partial charge in [0.2, 0.25) is 5.91 Å². The molecule has 2 aromatic rings. The smallest absolute Gasteiger partial charge is 0.217 e. The third kappa shape index (κ3) is 4.43. The van der Waals surface area contributed by atoms with Gasteiger partial charge < -0.3 is 10.2 Å². The summed E-state index contributed by atoms with van der Waals surface area (Å²) >= 11 is 0. The Bertz CT molecular complexity index is 603. The number of benzene rings is 2. The van der Waals surface area contributed by atoms with Crippen molar-refractivity contribution in [2.45, 2.75) is 20.0 Å². The van der Waals surface area contributed by atoms with Crippen LogP contribution in [0.25, 0.3) is 11.1 Å². The number of nitrogens with one attached hydrogen (secondary N) is 1. The highest BCUT2D eigenvalue weighted by Crippen LogP contribution is 2.24. The van der Waals surface area contributed by atoms with E-state index in [0.717, 1.165) is 12.1 Å². The summed E-state index contributed by atoms with van der Waals surface area (Å²) in [5.74, 6) is -0.00821. The molecule has 3 heteroatoms. The van der Waals surface area contributed by atoms with Crippen LogP contribution in [0.5, 0.6) is 0 Å². The Kier molecular flexibility index (Phi) is 5.12. The SMILES string of the molecule is CC(=O)NCc1ccccc1-c1ccc(CN(C)C)cc1. The molecule has 2 rings (SSSR count). The Labute approximate surface area is 126 Å². The van der Waals surface area contributed by atoms with Gasteiger partial charge >= 0.3 is 0 Å². The van der Waals surface area contributed by atoms with Crippen molar-refractivity contribution >= 4 is 5.91 Å². The maximum atomic E-state index is 11.1. The Morgan fingerprint density at radius 1 is 1.05 bits per heavy atom. The van der Waals surface area contributed by atoms with E-state index in [9.17, 15) is 4.79 Å². The molecule has 0 aliphatic carbocycles. The van der Waals surface area contributed by atoms with Gasteiger partial charge in [-0.3, -0.25) is 4.79 Å². The van der Waals surface area contributed by atoms with Crippen LogP contribution >= 0.6 is 0 Å². The average molecular weight is 282 g/mol. The number of hydrogen-bond acceptors (Lipinski definition) is 2. The lowest BCUT2D eigenvalue weighted by Gasteiger charge is -2.12. The number of hydrogen-bond donors (Lipinski definition) is 1. The predicted octanol–water partition coefficient (Wildman–Crippen LogP) is 3.05. The fourth-order valence-corrected chi connectivity index (χ4v) is 2.33. The summed E-state index contributed by atoms with van der Waals surface area (Å²) < 4.78 is 0. The molecule has 0 bridgehead atoms. The molecule has 0 atom stereocenters. The normalized spacial score (nSPS) is 10.7. The standard InChI is InChI=1S/C18H22N2O/c1-14(21)19-12-17-6-4-5-7-18(17)16-10-8-15(9-11-16)13-20(2)3/h4-11H,12-13H2,1-3H3,(H,19,21). The van der Waals surface area contributed by atoms with Gasteiger partial charge in [-0.05, 0) is 36.3 Å². The third-order valence-electron chi connectivity index (χ3n) is 3.31. The first kappa shape index (κ1) is 15.3. The van der Waals surface area contributed by atoms with E-state index < -0.39 is 0 Å². The Morgan fingerprint density at radius 2 is 1.71 bits per heavy atom. The van der Waals surface area contributed by atoms with E-state index in [1.165, 1.54) is 16.7 Å². The summed E-state index contributed by atoms with van der Waals surface area (Å²) in [6.45, 7) is 3.04. The van der Waals surface area contributed by atoms with Crippen molar-refractivity contribution in [3.8, 4) is 11.1 Å². The second-order valence-electron chi connectivity index (χ2n) is 5.50. The van der Waals surface area contributed by atoms with E-state index in [0.29, 0.717) is 6.54 Å². The van der Waals surface area contributed by atoms with Crippen molar-refractivity contribution in [3.05, 3.63) is 59.7 Å². The van der Waals surface area contributed by atoms with E-state index in [1.807, 2.05) is 12.1 Å². The molecule has 0 saturated heterocycles. The highest BCUT2D eigenvalue weighted by Gasteiger charge is 2.05. The minimum Gasteiger partial charge on any atom is -0.352 e. The van der Waals surface area contributed by atoms with E-state index in [-0.39, 0.29) is 5.91 Å². The summed E-state index contributed by atoms with van der Waals surface area (Å²) in [5.41, 5.74) is 4.78. The Morgan fingerprint density at radius 3 is 2.33 bits per heavy atom. The van der Waals surface area contributed by atoms with Crippen LogP contribution in [0, 0.1) is 0 Å². The number of nitrogens with zero attached hydrogens (tertiary/aromatic N) is 1. The van der Waals surface area contributed by atoms with Gasteiger partial charge in [-0.2, -0.15) is 0 Å². The first-order chi connectivity index (χ1) is 10.1. The van der Waals surface area contributed by atoms with Gasteiger partial charge in [0, 0.05) is 20.0 Å². The van der Waals surface area contributed by atoms with Crippen LogP contribution in [0.4, 0.5) is 0 Å². The highest BCUT2D eigenvalue weighted by molar-refractivity contribution is 5.74. The topological polar surface area (TPSA) is 32.3 Å². The molecule has 0 aromatic heterocycles. The molecule has 0 aliphatic rings. The van der Waals surface area contributed by atoms with Gasteiger partial charge in [0.1, 0.15) is 0 Å². The quantitative estimate of drug-likeness (QED) is 0.914. The molecular formula is C18H22N2O. The minimum atomic E-state index is -0.00821. The molecule has 0 aliphatic heterocycles. The van der Waals surface area contributed by atoms with E-state index in [4.69, 9.17) is 0 Å². The fourth-order valence-electron chi connectivity index (χ4n) is 2.33. The zero-order valence-electron chi connectivity index (χ0n) is 12.9. The van der Waals surface area contributed by atoms with Crippen molar-refractivity contribution in [2.75, 3.05) is 14.1 Å². The number of rotatable bonds is 5. The van der Waals surface area contributed by atoms with Gasteiger partial charge in [0.05, 0.1) is 0 Å².